The lowest BCUT2D eigenvalue weighted by Gasteiger charge is -2.09. The molecule has 0 saturated heterocycles. The van der Waals surface area contributed by atoms with E-state index in [9.17, 15) is 9.59 Å². The number of allylic oxidation sites excluding steroid dienone is 1. The van der Waals surface area contributed by atoms with Gasteiger partial charge in [-0.05, 0) is 24.3 Å². The fourth-order valence-electron chi connectivity index (χ4n) is 2.57. The van der Waals surface area contributed by atoms with Crippen molar-refractivity contribution in [1.82, 2.24) is 20.1 Å². The second-order valence-electron chi connectivity index (χ2n) is 6.07. The molecule has 148 valence electrons. The van der Waals surface area contributed by atoms with Crippen LogP contribution in [0.4, 0.5) is 0 Å². The number of ketones is 1. The standard InChI is InChI=1S/C21H19BrN4O2S/c1-2-12-26-19(13-23-20(28)16-8-10-17(22)11-9-16)24-25-21(26)29-14-18(27)15-6-4-3-5-7-15/h2-11H,1,12-14H2,(H,23,28). The van der Waals surface area contributed by atoms with E-state index < -0.39 is 0 Å². The van der Waals surface area contributed by atoms with Crippen molar-refractivity contribution >= 4 is 39.4 Å². The zero-order chi connectivity index (χ0) is 20.6. The van der Waals surface area contributed by atoms with Crippen molar-refractivity contribution in [3.63, 3.8) is 0 Å². The van der Waals surface area contributed by atoms with Crippen LogP contribution >= 0.6 is 27.7 Å². The number of nitrogens with one attached hydrogen (secondary N) is 1. The number of aromatic nitrogens is 3. The van der Waals surface area contributed by atoms with Gasteiger partial charge in [-0.3, -0.25) is 9.59 Å². The van der Waals surface area contributed by atoms with Gasteiger partial charge in [0, 0.05) is 22.1 Å². The molecule has 0 atom stereocenters. The van der Waals surface area contributed by atoms with Crippen molar-refractivity contribution in [3.05, 3.63) is 88.7 Å². The summed E-state index contributed by atoms with van der Waals surface area (Å²) >= 11 is 4.67. The quantitative estimate of drug-likeness (QED) is 0.289. The topological polar surface area (TPSA) is 76.9 Å². The molecule has 8 heteroatoms. The Balaban J connectivity index is 1.64. The largest absolute Gasteiger partial charge is 0.345 e. The summed E-state index contributed by atoms with van der Waals surface area (Å²) in [5.41, 5.74) is 1.22. The zero-order valence-corrected chi connectivity index (χ0v) is 17.9. The molecule has 0 aliphatic heterocycles. The molecule has 0 radical (unpaired) electrons. The summed E-state index contributed by atoms with van der Waals surface area (Å²) in [4.78, 5) is 24.7. The number of thioether (sulfide) groups is 1. The van der Waals surface area contributed by atoms with Gasteiger partial charge in [0.25, 0.3) is 5.91 Å². The third kappa shape index (κ3) is 5.65. The minimum absolute atomic E-state index is 0.0221. The van der Waals surface area contributed by atoms with Crippen molar-refractivity contribution in [2.75, 3.05) is 5.75 Å². The predicted octanol–water partition coefficient (Wildman–Crippen LogP) is 4.13. The minimum Gasteiger partial charge on any atom is -0.345 e. The van der Waals surface area contributed by atoms with Crippen LogP contribution in [0.2, 0.25) is 0 Å². The first-order valence-electron chi connectivity index (χ1n) is 8.86. The van der Waals surface area contributed by atoms with E-state index in [4.69, 9.17) is 0 Å². The van der Waals surface area contributed by atoms with Gasteiger partial charge in [-0.1, -0.05) is 64.1 Å². The molecule has 1 aromatic heterocycles. The number of carbonyl (C=O) groups is 2. The Hall–Kier alpha value is -2.71. The highest BCUT2D eigenvalue weighted by atomic mass is 79.9. The molecule has 3 aromatic rings. The second-order valence-corrected chi connectivity index (χ2v) is 7.92. The van der Waals surface area contributed by atoms with Crippen LogP contribution in [0.25, 0.3) is 0 Å². The lowest BCUT2D eigenvalue weighted by Crippen LogP contribution is -2.24. The monoisotopic (exact) mass is 470 g/mol. The Labute approximate surface area is 181 Å². The van der Waals surface area contributed by atoms with Crippen LogP contribution in [0.3, 0.4) is 0 Å². The van der Waals surface area contributed by atoms with E-state index in [2.05, 4.69) is 38.0 Å². The number of benzene rings is 2. The highest BCUT2D eigenvalue weighted by Crippen LogP contribution is 2.19. The molecule has 0 bridgehead atoms. The normalized spacial score (nSPS) is 10.5. The van der Waals surface area contributed by atoms with Crippen LogP contribution in [0.1, 0.15) is 26.5 Å². The molecule has 0 spiro atoms. The first kappa shape index (κ1) is 21.0. The van der Waals surface area contributed by atoms with Gasteiger partial charge in [0.15, 0.2) is 16.8 Å². The van der Waals surface area contributed by atoms with Crippen molar-refractivity contribution in [2.45, 2.75) is 18.2 Å². The average Bonchev–Trinajstić information content (AvgIpc) is 3.13. The van der Waals surface area contributed by atoms with E-state index in [-0.39, 0.29) is 24.0 Å². The first-order chi connectivity index (χ1) is 14.1. The van der Waals surface area contributed by atoms with E-state index in [1.165, 1.54) is 11.8 Å². The molecule has 1 heterocycles. The molecule has 0 saturated carbocycles. The smallest absolute Gasteiger partial charge is 0.251 e. The van der Waals surface area contributed by atoms with E-state index in [0.717, 1.165) is 4.47 Å². The van der Waals surface area contributed by atoms with Gasteiger partial charge in [-0.15, -0.1) is 16.8 Å². The summed E-state index contributed by atoms with van der Waals surface area (Å²) < 4.78 is 2.75. The highest BCUT2D eigenvalue weighted by Gasteiger charge is 2.15. The number of hydrogen-bond donors (Lipinski definition) is 1. The number of halogens is 1. The van der Waals surface area contributed by atoms with E-state index in [1.54, 1.807) is 30.3 Å². The zero-order valence-electron chi connectivity index (χ0n) is 15.5. The van der Waals surface area contributed by atoms with E-state index in [0.29, 0.717) is 28.7 Å². The molecule has 1 N–H and O–H groups in total. The maximum Gasteiger partial charge on any atom is 0.251 e. The Kier molecular flexibility index (Phi) is 7.37. The summed E-state index contributed by atoms with van der Waals surface area (Å²) in [5, 5.41) is 11.8. The number of hydrogen-bond acceptors (Lipinski definition) is 5. The fraction of sp³-hybridized carbons (Fsp3) is 0.143. The first-order valence-corrected chi connectivity index (χ1v) is 10.6. The van der Waals surface area contributed by atoms with E-state index in [1.807, 2.05) is 34.9 Å². The third-order valence-corrected chi connectivity index (χ3v) is 5.54. The fourth-order valence-corrected chi connectivity index (χ4v) is 3.69. The van der Waals surface area contributed by atoms with Crippen LogP contribution in [0.15, 0.2) is 76.9 Å². The van der Waals surface area contributed by atoms with Crippen LogP contribution in [0, 0.1) is 0 Å². The summed E-state index contributed by atoms with van der Waals surface area (Å²) in [5.74, 6) is 0.683. The lowest BCUT2D eigenvalue weighted by molar-refractivity contribution is 0.0948. The number of amides is 1. The van der Waals surface area contributed by atoms with Gasteiger partial charge in [-0.25, -0.2) is 0 Å². The molecular weight excluding hydrogens is 452 g/mol. The van der Waals surface area contributed by atoms with Gasteiger partial charge in [0.05, 0.1) is 12.3 Å². The molecule has 1 amide bonds. The lowest BCUT2D eigenvalue weighted by atomic mass is 10.2. The van der Waals surface area contributed by atoms with Crippen molar-refractivity contribution < 1.29 is 9.59 Å². The number of carbonyl (C=O) groups excluding carboxylic acids is 2. The Bertz CT molecular complexity index is 1000. The molecule has 0 fully saturated rings. The highest BCUT2D eigenvalue weighted by molar-refractivity contribution is 9.10. The van der Waals surface area contributed by atoms with Crippen molar-refractivity contribution in [3.8, 4) is 0 Å². The molecule has 6 nitrogen and oxygen atoms in total. The summed E-state index contributed by atoms with van der Waals surface area (Å²) in [7, 11) is 0. The summed E-state index contributed by atoms with van der Waals surface area (Å²) in [6, 6.07) is 16.2. The predicted molar refractivity (Wildman–Crippen MR) is 117 cm³/mol. The SMILES string of the molecule is C=CCn1c(CNC(=O)c2ccc(Br)cc2)nnc1SCC(=O)c1ccccc1. The van der Waals surface area contributed by atoms with Gasteiger partial charge in [0.2, 0.25) is 0 Å². The Morgan fingerprint density at radius 1 is 1.07 bits per heavy atom. The molecule has 2 aromatic carbocycles. The van der Waals surface area contributed by atoms with Crippen molar-refractivity contribution in [2.24, 2.45) is 0 Å². The van der Waals surface area contributed by atoms with E-state index >= 15 is 0 Å². The van der Waals surface area contributed by atoms with Crippen LogP contribution in [-0.2, 0) is 13.1 Å². The Morgan fingerprint density at radius 2 is 1.79 bits per heavy atom. The Morgan fingerprint density at radius 3 is 2.48 bits per heavy atom. The number of rotatable bonds is 9. The van der Waals surface area contributed by atoms with Gasteiger partial charge in [-0.2, -0.15) is 0 Å². The molecule has 29 heavy (non-hydrogen) atoms. The van der Waals surface area contributed by atoms with Crippen LogP contribution in [0.5, 0.6) is 0 Å². The molecular formula is C21H19BrN4O2S. The maximum atomic E-state index is 12.3. The van der Waals surface area contributed by atoms with Crippen molar-refractivity contribution in [1.29, 1.82) is 0 Å². The van der Waals surface area contributed by atoms with Crippen LogP contribution < -0.4 is 5.32 Å². The number of nitrogens with zero attached hydrogens (tertiary/aromatic N) is 3. The molecule has 0 aliphatic carbocycles. The number of Topliss-reactive ketones (excluding diaryl/α,β-unsaturated/α-hetero) is 1. The second kappa shape index (κ2) is 10.2. The summed E-state index contributed by atoms with van der Waals surface area (Å²) in [6.07, 6.45) is 1.73. The van der Waals surface area contributed by atoms with Gasteiger partial charge < -0.3 is 9.88 Å². The summed E-state index contributed by atoms with van der Waals surface area (Å²) in [6.45, 7) is 4.48. The van der Waals surface area contributed by atoms with Gasteiger partial charge >= 0.3 is 0 Å². The third-order valence-electron chi connectivity index (χ3n) is 4.05. The molecule has 0 aliphatic rings. The minimum atomic E-state index is -0.195. The average molecular weight is 471 g/mol. The van der Waals surface area contributed by atoms with Gasteiger partial charge in [0.1, 0.15) is 0 Å². The molecule has 0 unspecified atom stereocenters. The molecule has 3 rings (SSSR count). The maximum absolute atomic E-state index is 12.3. The van der Waals surface area contributed by atoms with Crippen LogP contribution in [-0.4, -0.2) is 32.2 Å².